The lowest BCUT2D eigenvalue weighted by Gasteiger charge is -2.52. The molecule has 4 nitrogen and oxygen atoms in total. The lowest BCUT2D eigenvalue weighted by molar-refractivity contribution is -0.120. The van der Waals surface area contributed by atoms with Crippen LogP contribution in [-0.2, 0) is 11.3 Å². The number of likely N-dealkylation sites (N-methyl/N-ethyl adjacent to an activating group) is 1. The molecule has 0 saturated heterocycles. The lowest BCUT2D eigenvalue weighted by Crippen LogP contribution is -2.63. The molecule has 0 radical (unpaired) electrons. The van der Waals surface area contributed by atoms with Crippen molar-refractivity contribution in [2.24, 2.45) is 10.4 Å². The van der Waals surface area contributed by atoms with Crippen molar-refractivity contribution in [2.45, 2.75) is 39.0 Å². The minimum atomic E-state index is 0.140. The molecule has 1 heterocycles. The van der Waals surface area contributed by atoms with Gasteiger partial charge in [0, 0.05) is 25.0 Å². The zero-order valence-electron chi connectivity index (χ0n) is 13.2. The molecule has 2 atom stereocenters. The molecule has 21 heavy (non-hydrogen) atoms. The monoisotopic (exact) mass is 287 g/mol. The van der Waals surface area contributed by atoms with Gasteiger partial charge in [0.2, 0.25) is 0 Å². The van der Waals surface area contributed by atoms with Crippen LogP contribution in [0.4, 0.5) is 0 Å². The number of nitrogens with one attached hydrogen (secondary N) is 1. The second-order valence-corrected chi connectivity index (χ2v) is 6.67. The van der Waals surface area contributed by atoms with E-state index in [1.54, 1.807) is 0 Å². The van der Waals surface area contributed by atoms with Crippen molar-refractivity contribution < 1.29 is 4.74 Å². The van der Waals surface area contributed by atoms with Gasteiger partial charge in [0.1, 0.15) is 0 Å². The standard InChI is InChI=1S/C17H25N3O/c1-17(2)14(19-16-18-9-10-20(16)3)11-15(17)21-12-13-7-5-4-6-8-13/h4-8,14-15H,9-12H2,1-3H3,(H,18,19). The minimum Gasteiger partial charge on any atom is -0.373 e. The van der Waals surface area contributed by atoms with Gasteiger partial charge in [-0.05, 0) is 12.0 Å². The Bertz CT molecular complexity index is 512. The lowest BCUT2D eigenvalue weighted by atomic mass is 9.64. The molecule has 1 aromatic carbocycles. The third kappa shape index (κ3) is 2.91. The molecule has 4 heteroatoms. The van der Waals surface area contributed by atoms with Crippen LogP contribution in [0.25, 0.3) is 0 Å². The van der Waals surface area contributed by atoms with Crippen molar-refractivity contribution in [2.75, 3.05) is 20.1 Å². The number of benzene rings is 1. The maximum absolute atomic E-state index is 6.11. The molecule has 1 aliphatic heterocycles. The zero-order valence-corrected chi connectivity index (χ0v) is 13.2. The summed E-state index contributed by atoms with van der Waals surface area (Å²) in [6.45, 7) is 7.17. The summed E-state index contributed by atoms with van der Waals surface area (Å²) >= 11 is 0. The van der Waals surface area contributed by atoms with Crippen molar-refractivity contribution in [3.05, 3.63) is 35.9 Å². The first-order chi connectivity index (χ1) is 10.1. The van der Waals surface area contributed by atoms with Crippen LogP contribution in [0.2, 0.25) is 0 Å². The van der Waals surface area contributed by atoms with Gasteiger partial charge in [-0.15, -0.1) is 0 Å². The van der Waals surface area contributed by atoms with Gasteiger partial charge in [-0.25, -0.2) is 0 Å². The minimum absolute atomic E-state index is 0.140. The molecular formula is C17H25N3O. The van der Waals surface area contributed by atoms with Crippen LogP contribution in [0.15, 0.2) is 35.3 Å². The fraction of sp³-hybridized carbons (Fsp3) is 0.588. The van der Waals surface area contributed by atoms with Crippen LogP contribution in [0.1, 0.15) is 25.8 Å². The van der Waals surface area contributed by atoms with Crippen LogP contribution >= 0.6 is 0 Å². The largest absolute Gasteiger partial charge is 0.373 e. The summed E-state index contributed by atoms with van der Waals surface area (Å²) in [6, 6.07) is 10.8. The molecule has 114 valence electrons. The summed E-state index contributed by atoms with van der Waals surface area (Å²) in [6.07, 6.45) is 1.36. The summed E-state index contributed by atoms with van der Waals surface area (Å²) in [4.78, 5) is 6.70. The normalized spacial score (nSPS) is 27.2. The van der Waals surface area contributed by atoms with Gasteiger partial charge >= 0.3 is 0 Å². The van der Waals surface area contributed by atoms with Gasteiger partial charge in [0.05, 0.1) is 19.3 Å². The Hall–Kier alpha value is -1.55. The molecule has 1 aliphatic carbocycles. The highest BCUT2D eigenvalue weighted by Gasteiger charge is 2.49. The fourth-order valence-corrected chi connectivity index (χ4v) is 3.03. The van der Waals surface area contributed by atoms with Crippen LogP contribution in [0, 0.1) is 5.41 Å². The fourth-order valence-electron chi connectivity index (χ4n) is 3.03. The van der Waals surface area contributed by atoms with Gasteiger partial charge in [0.15, 0.2) is 5.96 Å². The number of ether oxygens (including phenoxy) is 1. The van der Waals surface area contributed by atoms with Crippen molar-refractivity contribution in [1.29, 1.82) is 0 Å². The van der Waals surface area contributed by atoms with Crippen molar-refractivity contribution in [3.8, 4) is 0 Å². The Morgan fingerprint density at radius 1 is 1.33 bits per heavy atom. The first-order valence-corrected chi connectivity index (χ1v) is 7.75. The first kappa shape index (κ1) is 14.4. The molecule has 2 aliphatic rings. The van der Waals surface area contributed by atoms with Gasteiger partial charge in [-0.1, -0.05) is 44.2 Å². The van der Waals surface area contributed by atoms with Crippen molar-refractivity contribution >= 4 is 5.96 Å². The smallest absolute Gasteiger partial charge is 0.194 e. The number of hydrogen-bond donors (Lipinski definition) is 1. The van der Waals surface area contributed by atoms with Crippen molar-refractivity contribution in [1.82, 2.24) is 10.2 Å². The van der Waals surface area contributed by atoms with Gasteiger partial charge in [0.25, 0.3) is 0 Å². The number of guanidine groups is 1. The zero-order chi connectivity index (χ0) is 14.9. The average Bonchev–Trinajstić information content (AvgIpc) is 2.88. The predicted molar refractivity (Wildman–Crippen MR) is 85.3 cm³/mol. The van der Waals surface area contributed by atoms with E-state index >= 15 is 0 Å². The molecule has 0 aromatic heterocycles. The Morgan fingerprint density at radius 2 is 2.10 bits per heavy atom. The van der Waals surface area contributed by atoms with Crippen molar-refractivity contribution in [3.63, 3.8) is 0 Å². The highest BCUT2D eigenvalue weighted by Crippen LogP contribution is 2.43. The number of rotatable bonds is 4. The van der Waals surface area contributed by atoms with Crippen LogP contribution in [0.3, 0.4) is 0 Å². The number of nitrogens with zero attached hydrogens (tertiary/aromatic N) is 2. The Balaban J connectivity index is 1.51. The molecule has 2 unspecified atom stereocenters. The van der Waals surface area contributed by atoms with E-state index in [4.69, 9.17) is 4.74 Å². The second kappa shape index (κ2) is 5.68. The Labute approximate surface area is 127 Å². The van der Waals surface area contributed by atoms with Gasteiger partial charge in [-0.3, -0.25) is 4.99 Å². The van der Waals surface area contributed by atoms with Crippen LogP contribution < -0.4 is 5.32 Å². The highest BCUT2D eigenvalue weighted by molar-refractivity contribution is 5.81. The van der Waals surface area contributed by atoms with E-state index in [1.807, 2.05) is 6.07 Å². The molecule has 0 spiro atoms. The van der Waals surface area contributed by atoms with Crippen LogP contribution in [-0.4, -0.2) is 43.1 Å². The number of hydrogen-bond acceptors (Lipinski definition) is 4. The summed E-state index contributed by atoms with van der Waals surface area (Å²) < 4.78 is 6.11. The maximum atomic E-state index is 6.11. The van der Waals surface area contributed by atoms with E-state index in [9.17, 15) is 0 Å². The third-order valence-corrected chi connectivity index (χ3v) is 4.83. The topological polar surface area (TPSA) is 36.9 Å². The molecule has 1 saturated carbocycles. The van der Waals surface area contributed by atoms with Crippen LogP contribution in [0.5, 0.6) is 0 Å². The van der Waals surface area contributed by atoms with E-state index in [2.05, 4.69) is 60.4 Å². The molecule has 1 N–H and O–H groups in total. The molecule has 3 rings (SSSR count). The molecular weight excluding hydrogens is 262 g/mol. The van der Waals surface area contributed by atoms with Gasteiger partial charge in [-0.2, -0.15) is 0 Å². The Kier molecular flexibility index (Phi) is 3.89. The first-order valence-electron chi connectivity index (χ1n) is 7.75. The average molecular weight is 287 g/mol. The molecule has 0 bridgehead atoms. The summed E-state index contributed by atoms with van der Waals surface area (Å²) in [5.74, 6) is 1.04. The summed E-state index contributed by atoms with van der Waals surface area (Å²) in [5, 5.41) is 3.58. The highest BCUT2D eigenvalue weighted by atomic mass is 16.5. The molecule has 1 fully saturated rings. The van der Waals surface area contributed by atoms with E-state index in [0.29, 0.717) is 18.8 Å². The predicted octanol–water partition coefficient (Wildman–Crippen LogP) is 2.26. The van der Waals surface area contributed by atoms with Gasteiger partial charge < -0.3 is 15.0 Å². The SMILES string of the molecule is CN1CCN=C1NC1CC(OCc2ccccc2)C1(C)C. The number of aliphatic imine (C=N–C) groups is 1. The van der Waals surface area contributed by atoms with E-state index in [-0.39, 0.29) is 5.41 Å². The second-order valence-electron chi connectivity index (χ2n) is 6.67. The van der Waals surface area contributed by atoms with E-state index < -0.39 is 0 Å². The molecule has 1 aromatic rings. The summed E-state index contributed by atoms with van der Waals surface area (Å²) in [7, 11) is 2.09. The Morgan fingerprint density at radius 3 is 2.71 bits per heavy atom. The van der Waals surface area contributed by atoms with E-state index in [1.165, 1.54) is 5.56 Å². The molecule has 0 amide bonds. The van der Waals surface area contributed by atoms with E-state index in [0.717, 1.165) is 25.5 Å². The quantitative estimate of drug-likeness (QED) is 0.923. The summed E-state index contributed by atoms with van der Waals surface area (Å²) in [5.41, 5.74) is 1.38. The maximum Gasteiger partial charge on any atom is 0.194 e. The third-order valence-electron chi connectivity index (χ3n) is 4.83.